The summed E-state index contributed by atoms with van der Waals surface area (Å²) in [5, 5.41) is 8.28. The molecule has 0 saturated heterocycles. The second-order valence-corrected chi connectivity index (χ2v) is 7.15. The summed E-state index contributed by atoms with van der Waals surface area (Å²) in [7, 11) is 3.90. The minimum Gasteiger partial charge on any atom is -0.357 e. The number of nitrogens with one attached hydrogen (secondary N) is 1. The van der Waals surface area contributed by atoms with Gasteiger partial charge in [-0.05, 0) is 33.4 Å². The maximum atomic E-state index is 4.60. The van der Waals surface area contributed by atoms with Gasteiger partial charge >= 0.3 is 0 Å². The van der Waals surface area contributed by atoms with Crippen LogP contribution in [0, 0.1) is 0 Å². The van der Waals surface area contributed by atoms with E-state index in [0.717, 1.165) is 27.1 Å². The summed E-state index contributed by atoms with van der Waals surface area (Å²) in [5.41, 5.74) is 0. The first-order valence-corrected chi connectivity index (χ1v) is 8.59. The first kappa shape index (κ1) is 13.8. The molecule has 3 rings (SSSR count). The predicted molar refractivity (Wildman–Crippen MR) is 91.1 cm³/mol. The number of halogens is 1. The highest BCUT2D eigenvalue weighted by atomic mass is 79.9. The third kappa shape index (κ3) is 2.65. The summed E-state index contributed by atoms with van der Waals surface area (Å²) in [6.07, 6.45) is 0. The molecule has 0 aliphatic rings. The lowest BCUT2D eigenvalue weighted by Gasteiger charge is -2.18. The first-order chi connectivity index (χ1) is 9.67. The van der Waals surface area contributed by atoms with Crippen molar-refractivity contribution in [3.05, 3.63) is 32.2 Å². The largest absolute Gasteiger partial charge is 0.357 e. The molecule has 0 unspecified atom stereocenters. The number of aromatic nitrogens is 2. The van der Waals surface area contributed by atoms with Gasteiger partial charge in [0, 0.05) is 28.8 Å². The van der Waals surface area contributed by atoms with Crippen LogP contribution in [-0.4, -0.2) is 24.1 Å². The molecule has 0 amide bonds. The minimum absolute atomic E-state index is 0.661. The Kier molecular flexibility index (Phi) is 3.91. The molecule has 0 fully saturated rings. The molecule has 0 aromatic carbocycles. The number of rotatable bonds is 4. The van der Waals surface area contributed by atoms with Crippen LogP contribution in [0.3, 0.4) is 0 Å². The second-order valence-electron chi connectivity index (χ2n) is 4.35. The lowest BCUT2D eigenvalue weighted by Crippen LogP contribution is -2.18. The Balaban J connectivity index is 1.97. The van der Waals surface area contributed by atoms with E-state index < -0.39 is 0 Å². The van der Waals surface area contributed by atoms with Gasteiger partial charge in [0.2, 0.25) is 5.95 Å². The van der Waals surface area contributed by atoms with Crippen molar-refractivity contribution in [2.75, 3.05) is 24.3 Å². The highest BCUT2D eigenvalue weighted by Crippen LogP contribution is 2.30. The topological polar surface area (TPSA) is 41.1 Å². The summed E-state index contributed by atoms with van der Waals surface area (Å²) in [6.45, 7) is 0.835. The number of hydrogen-bond acceptors (Lipinski definition) is 6. The zero-order valence-electron chi connectivity index (χ0n) is 11.1. The van der Waals surface area contributed by atoms with E-state index in [4.69, 9.17) is 0 Å². The van der Waals surface area contributed by atoms with E-state index in [1.165, 1.54) is 4.88 Å². The number of anilines is 2. The average molecular weight is 369 g/mol. The molecule has 1 N–H and O–H groups in total. The summed E-state index contributed by atoms with van der Waals surface area (Å²) < 4.78 is 1.13. The van der Waals surface area contributed by atoms with Crippen molar-refractivity contribution in [3.63, 3.8) is 0 Å². The minimum atomic E-state index is 0.661. The van der Waals surface area contributed by atoms with Crippen LogP contribution in [0.1, 0.15) is 4.88 Å². The molecule has 0 saturated carbocycles. The van der Waals surface area contributed by atoms with Crippen molar-refractivity contribution in [1.82, 2.24) is 9.97 Å². The van der Waals surface area contributed by atoms with Crippen LogP contribution in [0.25, 0.3) is 10.2 Å². The summed E-state index contributed by atoms with van der Waals surface area (Å²) in [4.78, 5) is 13.5. The van der Waals surface area contributed by atoms with E-state index in [9.17, 15) is 0 Å². The molecule has 0 aliphatic carbocycles. The molecule has 4 nitrogen and oxygen atoms in total. The van der Waals surface area contributed by atoms with Gasteiger partial charge < -0.3 is 10.2 Å². The van der Waals surface area contributed by atoms with Gasteiger partial charge in [0.25, 0.3) is 0 Å². The molecule has 0 bridgehead atoms. The quantitative estimate of drug-likeness (QED) is 0.749. The normalized spacial score (nSPS) is 10.9. The summed E-state index contributed by atoms with van der Waals surface area (Å²) in [6, 6.07) is 4.22. The van der Waals surface area contributed by atoms with Crippen LogP contribution < -0.4 is 10.2 Å². The van der Waals surface area contributed by atoms with Crippen molar-refractivity contribution in [3.8, 4) is 0 Å². The smallest absolute Gasteiger partial charge is 0.225 e. The van der Waals surface area contributed by atoms with Gasteiger partial charge in [0.05, 0.1) is 11.9 Å². The van der Waals surface area contributed by atoms with E-state index in [1.54, 1.807) is 22.7 Å². The van der Waals surface area contributed by atoms with Crippen LogP contribution in [0.15, 0.2) is 27.4 Å². The molecule has 20 heavy (non-hydrogen) atoms. The van der Waals surface area contributed by atoms with E-state index in [0.29, 0.717) is 5.95 Å². The number of thiophene rings is 2. The third-order valence-electron chi connectivity index (χ3n) is 2.90. The van der Waals surface area contributed by atoms with Gasteiger partial charge in [-0.1, -0.05) is 0 Å². The maximum Gasteiger partial charge on any atom is 0.225 e. The van der Waals surface area contributed by atoms with Crippen molar-refractivity contribution in [2.45, 2.75) is 6.54 Å². The van der Waals surface area contributed by atoms with Gasteiger partial charge in [-0.2, -0.15) is 4.98 Å². The average Bonchev–Trinajstić information content (AvgIpc) is 3.06. The van der Waals surface area contributed by atoms with Gasteiger partial charge in [0.1, 0.15) is 10.6 Å². The molecule has 0 radical (unpaired) electrons. The molecule has 3 aromatic rings. The zero-order chi connectivity index (χ0) is 14.1. The third-order valence-corrected chi connectivity index (χ3v) is 5.39. The molecule has 104 valence electrons. The van der Waals surface area contributed by atoms with Crippen LogP contribution in [0.4, 0.5) is 11.8 Å². The number of hydrogen-bond donors (Lipinski definition) is 1. The predicted octanol–water partition coefficient (Wildman–Crippen LogP) is 4.19. The van der Waals surface area contributed by atoms with Crippen LogP contribution in [0.2, 0.25) is 0 Å². The van der Waals surface area contributed by atoms with Gasteiger partial charge in [0.15, 0.2) is 0 Å². The second kappa shape index (κ2) is 5.67. The Bertz CT molecular complexity index is 737. The fourth-order valence-electron chi connectivity index (χ4n) is 1.99. The maximum absolute atomic E-state index is 4.60. The SMILES string of the molecule is CNc1nc(N(C)Cc2cc(Br)cs2)c2ccsc2n1. The molecule has 3 heterocycles. The summed E-state index contributed by atoms with van der Waals surface area (Å²) >= 11 is 6.87. The Morgan fingerprint density at radius 3 is 2.90 bits per heavy atom. The van der Waals surface area contributed by atoms with E-state index in [2.05, 4.69) is 66.1 Å². The van der Waals surface area contributed by atoms with Crippen molar-refractivity contribution in [1.29, 1.82) is 0 Å². The fourth-order valence-corrected chi connectivity index (χ4v) is 4.25. The van der Waals surface area contributed by atoms with E-state index in [1.807, 2.05) is 7.05 Å². The van der Waals surface area contributed by atoms with Crippen molar-refractivity contribution in [2.24, 2.45) is 0 Å². The lowest BCUT2D eigenvalue weighted by atomic mass is 10.3. The molecule has 0 aliphatic heterocycles. The molecule has 3 aromatic heterocycles. The van der Waals surface area contributed by atoms with E-state index >= 15 is 0 Å². The van der Waals surface area contributed by atoms with E-state index in [-0.39, 0.29) is 0 Å². The fraction of sp³-hybridized carbons (Fsp3) is 0.231. The molecular weight excluding hydrogens is 356 g/mol. The first-order valence-electron chi connectivity index (χ1n) is 6.04. The van der Waals surface area contributed by atoms with Gasteiger partial charge in [-0.3, -0.25) is 0 Å². The Labute approximate surface area is 133 Å². The highest BCUT2D eigenvalue weighted by Gasteiger charge is 2.13. The van der Waals surface area contributed by atoms with Crippen LogP contribution in [-0.2, 0) is 6.54 Å². The molecule has 0 spiro atoms. The van der Waals surface area contributed by atoms with Gasteiger partial charge in [-0.25, -0.2) is 4.98 Å². The summed E-state index contributed by atoms with van der Waals surface area (Å²) in [5.74, 6) is 1.62. The lowest BCUT2D eigenvalue weighted by molar-refractivity contribution is 0.916. The monoisotopic (exact) mass is 368 g/mol. The number of nitrogens with zero attached hydrogens (tertiary/aromatic N) is 3. The Morgan fingerprint density at radius 2 is 2.20 bits per heavy atom. The van der Waals surface area contributed by atoms with Crippen LogP contribution >= 0.6 is 38.6 Å². The standard InChI is InChI=1S/C13H13BrN4S2/c1-15-13-16-11(10-3-4-19-12(10)17-13)18(2)6-9-5-8(14)7-20-9/h3-5,7H,6H2,1-2H3,(H,15,16,17). The zero-order valence-corrected chi connectivity index (χ0v) is 14.3. The molecule has 7 heteroatoms. The van der Waals surface area contributed by atoms with Crippen molar-refractivity contribution >= 4 is 60.6 Å². The van der Waals surface area contributed by atoms with Crippen LogP contribution in [0.5, 0.6) is 0 Å². The highest BCUT2D eigenvalue weighted by molar-refractivity contribution is 9.10. The Morgan fingerprint density at radius 1 is 1.35 bits per heavy atom. The van der Waals surface area contributed by atoms with Crippen molar-refractivity contribution < 1.29 is 0 Å². The Hall–Kier alpha value is -1.18. The number of fused-ring (bicyclic) bond motifs is 1. The molecular formula is C13H13BrN4S2. The van der Waals surface area contributed by atoms with Gasteiger partial charge in [-0.15, -0.1) is 22.7 Å². The molecule has 0 atom stereocenters.